The van der Waals surface area contributed by atoms with Crippen molar-refractivity contribution in [1.82, 2.24) is 0 Å². The first kappa shape index (κ1) is 11.1. The largest absolute Gasteiger partial charge is 0.318 e. The molecule has 0 aliphatic heterocycles. The third-order valence-electron chi connectivity index (χ3n) is 1.95. The van der Waals surface area contributed by atoms with Gasteiger partial charge in [0.05, 0.1) is 15.6 Å². The fourth-order valence-electron chi connectivity index (χ4n) is 1.20. The number of amides is 1. The monoisotopic (exact) mass is 255 g/mol. The van der Waals surface area contributed by atoms with Crippen LogP contribution in [-0.2, 0) is 0 Å². The standard InChI is InChI=1S/C11H7ClFNOS/c12-7-3-1-4-8(13)10(7)14-11(15)9-5-2-6-16-9/h1-6H,(H,14,15). The van der Waals surface area contributed by atoms with Crippen LogP contribution in [0.1, 0.15) is 9.67 Å². The zero-order valence-electron chi connectivity index (χ0n) is 8.04. The van der Waals surface area contributed by atoms with Crippen molar-refractivity contribution in [2.45, 2.75) is 0 Å². The highest BCUT2D eigenvalue weighted by Gasteiger charge is 2.12. The summed E-state index contributed by atoms with van der Waals surface area (Å²) in [5.41, 5.74) is 0.0163. The maximum Gasteiger partial charge on any atom is 0.265 e. The predicted octanol–water partition coefficient (Wildman–Crippen LogP) is 3.79. The molecule has 2 rings (SSSR count). The van der Waals surface area contributed by atoms with E-state index in [9.17, 15) is 9.18 Å². The Labute approximate surface area is 101 Å². The molecule has 0 fully saturated rings. The molecular formula is C11H7ClFNOS. The highest BCUT2D eigenvalue weighted by molar-refractivity contribution is 7.12. The van der Waals surface area contributed by atoms with E-state index >= 15 is 0 Å². The molecule has 1 aromatic carbocycles. The Morgan fingerprint density at radius 1 is 1.31 bits per heavy atom. The molecule has 82 valence electrons. The lowest BCUT2D eigenvalue weighted by atomic mass is 10.3. The molecule has 0 bridgehead atoms. The number of nitrogens with one attached hydrogen (secondary N) is 1. The Bertz CT molecular complexity index is 492. The van der Waals surface area contributed by atoms with E-state index in [4.69, 9.17) is 11.6 Å². The Balaban J connectivity index is 2.25. The second-order valence-electron chi connectivity index (χ2n) is 3.03. The molecule has 0 spiro atoms. The lowest BCUT2D eigenvalue weighted by molar-refractivity contribution is 0.103. The van der Waals surface area contributed by atoms with Crippen LogP contribution in [0.2, 0.25) is 5.02 Å². The van der Waals surface area contributed by atoms with Crippen molar-refractivity contribution in [3.8, 4) is 0 Å². The van der Waals surface area contributed by atoms with Crippen LogP contribution < -0.4 is 5.32 Å². The number of carbonyl (C=O) groups is 1. The number of para-hydroxylation sites is 1. The topological polar surface area (TPSA) is 29.1 Å². The first-order valence-corrected chi connectivity index (χ1v) is 5.73. The third kappa shape index (κ3) is 2.23. The van der Waals surface area contributed by atoms with Crippen molar-refractivity contribution in [2.24, 2.45) is 0 Å². The summed E-state index contributed by atoms with van der Waals surface area (Å²) < 4.78 is 13.4. The molecular weight excluding hydrogens is 249 g/mol. The first-order valence-electron chi connectivity index (χ1n) is 4.47. The zero-order chi connectivity index (χ0) is 11.5. The number of thiophene rings is 1. The summed E-state index contributed by atoms with van der Waals surface area (Å²) >= 11 is 7.07. The fourth-order valence-corrected chi connectivity index (χ4v) is 2.03. The van der Waals surface area contributed by atoms with Gasteiger partial charge in [-0.25, -0.2) is 4.39 Å². The van der Waals surface area contributed by atoms with Crippen molar-refractivity contribution < 1.29 is 9.18 Å². The number of benzene rings is 1. The molecule has 0 saturated carbocycles. The normalized spacial score (nSPS) is 10.1. The van der Waals surface area contributed by atoms with E-state index < -0.39 is 5.82 Å². The van der Waals surface area contributed by atoms with Crippen LogP contribution in [-0.4, -0.2) is 5.91 Å². The average molecular weight is 256 g/mol. The first-order chi connectivity index (χ1) is 7.68. The molecule has 0 aliphatic carbocycles. The molecule has 1 aromatic heterocycles. The molecule has 0 radical (unpaired) electrons. The van der Waals surface area contributed by atoms with Gasteiger partial charge in [0.15, 0.2) is 0 Å². The minimum Gasteiger partial charge on any atom is -0.318 e. The van der Waals surface area contributed by atoms with Gasteiger partial charge in [-0.3, -0.25) is 4.79 Å². The second-order valence-corrected chi connectivity index (χ2v) is 4.38. The summed E-state index contributed by atoms with van der Waals surface area (Å²) in [4.78, 5) is 12.2. The number of rotatable bonds is 2. The molecule has 1 N–H and O–H groups in total. The zero-order valence-corrected chi connectivity index (χ0v) is 9.61. The molecule has 0 saturated heterocycles. The van der Waals surface area contributed by atoms with Crippen LogP contribution in [0.4, 0.5) is 10.1 Å². The second kappa shape index (κ2) is 4.63. The molecule has 0 aliphatic rings. The molecule has 5 heteroatoms. The van der Waals surface area contributed by atoms with Gasteiger partial charge in [-0.15, -0.1) is 11.3 Å². The van der Waals surface area contributed by atoms with Gasteiger partial charge in [0.2, 0.25) is 0 Å². The summed E-state index contributed by atoms with van der Waals surface area (Å²) in [6.45, 7) is 0. The van der Waals surface area contributed by atoms with Gasteiger partial charge in [0.25, 0.3) is 5.91 Å². The van der Waals surface area contributed by atoms with Gasteiger partial charge >= 0.3 is 0 Å². The Hall–Kier alpha value is -1.39. The average Bonchev–Trinajstić information content (AvgIpc) is 2.76. The number of anilines is 1. The summed E-state index contributed by atoms with van der Waals surface area (Å²) in [7, 11) is 0. The van der Waals surface area contributed by atoms with E-state index in [0.29, 0.717) is 4.88 Å². The van der Waals surface area contributed by atoms with Gasteiger partial charge < -0.3 is 5.32 Å². The third-order valence-corrected chi connectivity index (χ3v) is 3.13. The molecule has 0 atom stereocenters. The summed E-state index contributed by atoms with van der Waals surface area (Å²) in [6, 6.07) is 7.67. The SMILES string of the molecule is O=C(Nc1c(F)cccc1Cl)c1cccs1. The van der Waals surface area contributed by atoms with E-state index in [-0.39, 0.29) is 16.6 Å². The van der Waals surface area contributed by atoms with Crippen molar-refractivity contribution in [3.63, 3.8) is 0 Å². The van der Waals surface area contributed by atoms with E-state index in [2.05, 4.69) is 5.32 Å². The van der Waals surface area contributed by atoms with Crippen molar-refractivity contribution >= 4 is 34.5 Å². The van der Waals surface area contributed by atoms with Gasteiger partial charge in [-0.1, -0.05) is 23.7 Å². The van der Waals surface area contributed by atoms with Crippen LogP contribution in [0, 0.1) is 5.82 Å². The Morgan fingerprint density at radius 2 is 2.12 bits per heavy atom. The minimum atomic E-state index is -0.544. The number of carbonyl (C=O) groups excluding carboxylic acids is 1. The molecule has 0 unspecified atom stereocenters. The molecule has 16 heavy (non-hydrogen) atoms. The number of halogens is 2. The predicted molar refractivity (Wildman–Crippen MR) is 63.7 cm³/mol. The highest BCUT2D eigenvalue weighted by Crippen LogP contribution is 2.25. The van der Waals surface area contributed by atoms with Gasteiger partial charge in [0, 0.05) is 0 Å². The van der Waals surface area contributed by atoms with Gasteiger partial charge in [0.1, 0.15) is 5.82 Å². The Kier molecular flexibility index (Phi) is 3.22. The van der Waals surface area contributed by atoms with Crippen LogP contribution in [0.3, 0.4) is 0 Å². The van der Waals surface area contributed by atoms with E-state index in [1.165, 1.54) is 29.5 Å². The molecule has 2 aromatic rings. The number of hydrogen-bond donors (Lipinski definition) is 1. The van der Waals surface area contributed by atoms with E-state index in [1.54, 1.807) is 17.5 Å². The summed E-state index contributed by atoms with van der Waals surface area (Å²) in [6.07, 6.45) is 0. The minimum absolute atomic E-state index is 0.0163. The summed E-state index contributed by atoms with van der Waals surface area (Å²) in [5, 5.41) is 4.41. The lowest BCUT2D eigenvalue weighted by Crippen LogP contribution is -2.11. The maximum atomic E-state index is 13.4. The Morgan fingerprint density at radius 3 is 2.75 bits per heavy atom. The van der Waals surface area contributed by atoms with E-state index in [1.807, 2.05) is 0 Å². The van der Waals surface area contributed by atoms with Crippen molar-refractivity contribution in [3.05, 3.63) is 51.4 Å². The molecule has 1 amide bonds. The smallest absolute Gasteiger partial charge is 0.265 e. The van der Waals surface area contributed by atoms with Crippen molar-refractivity contribution in [1.29, 1.82) is 0 Å². The highest BCUT2D eigenvalue weighted by atomic mass is 35.5. The lowest BCUT2D eigenvalue weighted by Gasteiger charge is -2.06. The maximum absolute atomic E-state index is 13.4. The van der Waals surface area contributed by atoms with Gasteiger partial charge in [-0.05, 0) is 23.6 Å². The molecule has 1 heterocycles. The fraction of sp³-hybridized carbons (Fsp3) is 0. The van der Waals surface area contributed by atoms with Crippen LogP contribution in [0.25, 0.3) is 0 Å². The van der Waals surface area contributed by atoms with E-state index in [0.717, 1.165) is 0 Å². The van der Waals surface area contributed by atoms with Crippen LogP contribution >= 0.6 is 22.9 Å². The van der Waals surface area contributed by atoms with Crippen LogP contribution in [0.5, 0.6) is 0 Å². The quantitative estimate of drug-likeness (QED) is 0.869. The van der Waals surface area contributed by atoms with Crippen LogP contribution in [0.15, 0.2) is 35.7 Å². The summed E-state index contributed by atoms with van der Waals surface area (Å²) in [5.74, 6) is -0.903. The van der Waals surface area contributed by atoms with Gasteiger partial charge in [-0.2, -0.15) is 0 Å². The van der Waals surface area contributed by atoms with Crippen molar-refractivity contribution in [2.75, 3.05) is 5.32 Å². The number of hydrogen-bond acceptors (Lipinski definition) is 2. The molecule has 2 nitrogen and oxygen atoms in total.